The summed E-state index contributed by atoms with van der Waals surface area (Å²) in [5.41, 5.74) is 0.805. The molecule has 1 unspecified atom stereocenters. The number of sulfonamides is 1. The van der Waals surface area contributed by atoms with Gasteiger partial charge in [0.2, 0.25) is 10.0 Å². The second-order valence-corrected chi connectivity index (χ2v) is 7.20. The highest BCUT2D eigenvalue weighted by Gasteiger charge is 2.19. The first kappa shape index (κ1) is 17.1. The summed E-state index contributed by atoms with van der Waals surface area (Å²) in [5.74, 6) is 0.764. The Balaban J connectivity index is 2.86. The molecule has 114 valence electrons. The van der Waals surface area contributed by atoms with E-state index in [-0.39, 0.29) is 0 Å². The Morgan fingerprint density at radius 1 is 1.15 bits per heavy atom. The van der Waals surface area contributed by atoms with E-state index in [1.807, 2.05) is 19.1 Å². The molecule has 0 spiro atoms. The van der Waals surface area contributed by atoms with Crippen LogP contribution >= 0.6 is 0 Å². The van der Waals surface area contributed by atoms with Crippen molar-refractivity contribution in [2.45, 2.75) is 39.1 Å². The molecular formula is C15H26N2O2S. The molecule has 0 fully saturated rings. The van der Waals surface area contributed by atoms with Gasteiger partial charge in [0.15, 0.2) is 0 Å². The van der Waals surface area contributed by atoms with Gasteiger partial charge in [0.05, 0.1) is 4.90 Å². The summed E-state index contributed by atoms with van der Waals surface area (Å²) >= 11 is 0. The lowest BCUT2D eigenvalue weighted by Crippen LogP contribution is -2.31. The Labute approximate surface area is 123 Å². The van der Waals surface area contributed by atoms with Crippen LogP contribution in [0.5, 0.6) is 0 Å². The summed E-state index contributed by atoms with van der Waals surface area (Å²) in [6.07, 6.45) is 0. The zero-order valence-corrected chi connectivity index (χ0v) is 13.6. The molecule has 1 atom stereocenters. The van der Waals surface area contributed by atoms with E-state index in [0.29, 0.717) is 29.8 Å². The molecule has 0 bridgehead atoms. The zero-order chi connectivity index (χ0) is 15.2. The molecule has 0 aliphatic carbocycles. The lowest BCUT2D eigenvalue weighted by molar-refractivity contribution is 0.414. The third-order valence-electron chi connectivity index (χ3n) is 3.56. The van der Waals surface area contributed by atoms with Gasteiger partial charge in [0.1, 0.15) is 0 Å². The van der Waals surface area contributed by atoms with Crippen LogP contribution in [0, 0.1) is 11.8 Å². The number of rotatable bonds is 8. The van der Waals surface area contributed by atoms with Gasteiger partial charge in [-0.2, -0.15) is 0 Å². The smallest absolute Gasteiger partial charge is 0.240 e. The molecule has 0 aliphatic rings. The highest BCUT2D eigenvalue weighted by Crippen LogP contribution is 2.16. The van der Waals surface area contributed by atoms with Crippen LogP contribution < -0.4 is 10.0 Å². The first-order valence-corrected chi connectivity index (χ1v) is 8.65. The Hall–Kier alpha value is -0.910. The molecular weight excluding hydrogens is 272 g/mol. The largest absolute Gasteiger partial charge is 0.313 e. The van der Waals surface area contributed by atoms with E-state index in [1.165, 1.54) is 0 Å². The number of hydrogen-bond acceptors (Lipinski definition) is 3. The quantitative estimate of drug-likeness (QED) is 0.774. The minimum absolute atomic E-state index is 0.311. The molecule has 4 nitrogen and oxygen atoms in total. The van der Waals surface area contributed by atoms with Crippen molar-refractivity contribution in [1.29, 1.82) is 0 Å². The fourth-order valence-corrected chi connectivity index (χ4v) is 3.11. The molecule has 5 heteroatoms. The van der Waals surface area contributed by atoms with Gasteiger partial charge in [0, 0.05) is 13.1 Å². The van der Waals surface area contributed by atoms with Crippen molar-refractivity contribution >= 4 is 10.0 Å². The normalized spacial score (nSPS) is 13.7. The monoisotopic (exact) mass is 298 g/mol. The molecule has 1 aromatic carbocycles. The van der Waals surface area contributed by atoms with Crippen LogP contribution in [-0.2, 0) is 16.6 Å². The van der Waals surface area contributed by atoms with Gasteiger partial charge in [-0.25, -0.2) is 13.1 Å². The minimum Gasteiger partial charge on any atom is -0.313 e. The summed E-state index contributed by atoms with van der Waals surface area (Å²) in [7, 11) is -3.44. The van der Waals surface area contributed by atoms with Crippen LogP contribution in [0.15, 0.2) is 29.2 Å². The molecule has 0 heterocycles. The highest BCUT2D eigenvalue weighted by atomic mass is 32.2. The summed E-state index contributed by atoms with van der Waals surface area (Å²) in [5, 5.41) is 3.17. The summed E-state index contributed by atoms with van der Waals surface area (Å²) < 4.78 is 27.5. The maximum Gasteiger partial charge on any atom is 0.240 e. The van der Waals surface area contributed by atoms with Gasteiger partial charge < -0.3 is 5.32 Å². The SMILES string of the molecule is CCNCc1ccccc1S(=O)(=O)NCC(C)C(C)C. The van der Waals surface area contributed by atoms with E-state index in [1.54, 1.807) is 12.1 Å². The average Bonchev–Trinajstić information content (AvgIpc) is 2.42. The predicted octanol–water partition coefficient (Wildman–Crippen LogP) is 2.37. The van der Waals surface area contributed by atoms with Gasteiger partial charge in [0.25, 0.3) is 0 Å². The Bertz CT molecular complexity index is 512. The second kappa shape index (κ2) is 7.76. The zero-order valence-electron chi connectivity index (χ0n) is 12.8. The van der Waals surface area contributed by atoms with Crippen molar-refractivity contribution in [3.05, 3.63) is 29.8 Å². The molecule has 0 aromatic heterocycles. The van der Waals surface area contributed by atoms with Crippen LogP contribution in [0.4, 0.5) is 0 Å². The topological polar surface area (TPSA) is 58.2 Å². The first-order valence-electron chi connectivity index (χ1n) is 7.16. The molecule has 20 heavy (non-hydrogen) atoms. The van der Waals surface area contributed by atoms with E-state index < -0.39 is 10.0 Å². The predicted molar refractivity (Wildman–Crippen MR) is 83.0 cm³/mol. The van der Waals surface area contributed by atoms with E-state index in [0.717, 1.165) is 12.1 Å². The third-order valence-corrected chi connectivity index (χ3v) is 5.08. The van der Waals surface area contributed by atoms with Crippen molar-refractivity contribution < 1.29 is 8.42 Å². The molecule has 0 aliphatic heterocycles. The molecule has 0 saturated heterocycles. The maximum absolute atomic E-state index is 12.4. The van der Waals surface area contributed by atoms with Crippen molar-refractivity contribution in [1.82, 2.24) is 10.0 Å². The summed E-state index contributed by atoms with van der Waals surface area (Å²) in [6.45, 7) is 10.1. The molecule has 0 saturated carbocycles. The van der Waals surface area contributed by atoms with Crippen LogP contribution in [0.2, 0.25) is 0 Å². The molecule has 2 N–H and O–H groups in total. The summed E-state index contributed by atoms with van der Waals surface area (Å²) in [4.78, 5) is 0.372. The van der Waals surface area contributed by atoms with Gasteiger partial charge in [-0.3, -0.25) is 0 Å². The molecule has 0 amide bonds. The van der Waals surface area contributed by atoms with E-state index >= 15 is 0 Å². The van der Waals surface area contributed by atoms with Crippen molar-refractivity contribution in [2.75, 3.05) is 13.1 Å². The third kappa shape index (κ3) is 4.89. The van der Waals surface area contributed by atoms with Crippen LogP contribution in [-0.4, -0.2) is 21.5 Å². The average molecular weight is 298 g/mol. The van der Waals surface area contributed by atoms with Crippen molar-refractivity contribution in [3.63, 3.8) is 0 Å². The van der Waals surface area contributed by atoms with Gasteiger partial charge >= 0.3 is 0 Å². The van der Waals surface area contributed by atoms with E-state index in [9.17, 15) is 8.42 Å². The first-order chi connectivity index (χ1) is 9.38. The second-order valence-electron chi connectivity index (χ2n) is 5.46. The Morgan fingerprint density at radius 2 is 1.80 bits per heavy atom. The van der Waals surface area contributed by atoms with Gasteiger partial charge in [-0.05, 0) is 30.0 Å². The number of benzene rings is 1. The standard InChI is InChI=1S/C15H26N2O2S/c1-5-16-11-14-8-6-7-9-15(14)20(18,19)17-10-13(4)12(2)3/h6-9,12-13,16-17H,5,10-11H2,1-4H3. The maximum atomic E-state index is 12.4. The van der Waals surface area contributed by atoms with Crippen molar-refractivity contribution in [3.8, 4) is 0 Å². The Kier molecular flexibility index (Phi) is 6.65. The van der Waals surface area contributed by atoms with Crippen LogP contribution in [0.3, 0.4) is 0 Å². The molecule has 0 radical (unpaired) electrons. The number of nitrogens with one attached hydrogen (secondary N) is 2. The van der Waals surface area contributed by atoms with Crippen LogP contribution in [0.25, 0.3) is 0 Å². The van der Waals surface area contributed by atoms with Crippen molar-refractivity contribution in [2.24, 2.45) is 11.8 Å². The van der Waals surface area contributed by atoms with Gasteiger partial charge in [-0.15, -0.1) is 0 Å². The van der Waals surface area contributed by atoms with Crippen LogP contribution in [0.1, 0.15) is 33.3 Å². The Morgan fingerprint density at radius 3 is 2.40 bits per heavy atom. The van der Waals surface area contributed by atoms with E-state index in [2.05, 4.69) is 30.8 Å². The fraction of sp³-hybridized carbons (Fsp3) is 0.600. The minimum atomic E-state index is -3.44. The molecule has 1 rings (SSSR count). The number of hydrogen-bond donors (Lipinski definition) is 2. The highest BCUT2D eigenvalue weighted by molar-refractivity contribution is 7.89. The van der Waals surface area contributed by atoms with Gasteiger partial charge in [-0.1, -0.05) is 45.9 Å². The van der Waals surface area contributed by atoms with E-state index in [4.69, 9.17) is 0 Å². The molecule has 1 aromatic rings. The lowest BCUT2D eigenvalue weighted by atomic mass is 9.99. The summed E-state index contributed by atoms with van der Waals surface area (Å²) in [6, 6.07) is 7.14. The fourth-order valence-electron chi connectivity index (χ4n) is 1.73. The lowest BCUT2D eigenvalue weighted by Gasteiger charge is -2.17.